The molecule has 8 aliphatic rings. The van der Waals surface area contributed by atoms with E-state index >= 15 is 0 Å². The highest BCUT2D eigenvalue weighted by Crippen LogP contribution is 2.68. The summed E-state index contributed by atoms with van der Waals surface area (Å²) in [5.74, 6) is -7.83. The Morgan fingerprint density at radius 1 is 1.04 bits per heavy atom. The van der Waals surface area contributed by atoms with Crippen molar-refractivity contribution in [3.8, 4) is 0 Å². The van der Waals surface area contributed by atoms with Gasteiger partial charge in [-0.3, -0.25) is 18.9 Å². The average molecular weight is 702 g/mol. The van der Waals surface area contributed by atoms with Crippen LogP contribution in [0.2, 0.25) is 0 Å². The van der Waals surface area contributed by atoms with E-state index in [1.165, 1.54) is 4.90 Å². The van der Waals surface area contributed by atoms with Crippen LogP contribution in [0.5, 0.6) is 0 Å². The molecule has 4 aliphatic carbocycles. The maximum absolute atomic E-state index is 14.2. The van der Waals surface area contributed by atoms with E-state index in [2.05, 4.69) is 4.74 Å². The Hall–Kier alpha value is -2.15. The second-order valence-electron chi connectivity index (χ2n) is 15.5. The second-order valence-corrected chi connectivity index (χ2v) is 17.1. The molecule has 1 amide bonds. The van der Waals surface area contributed by atoms with Crippen LogP contribution >= 0.6 is 0 Å². The maximum atomic E-state index is 14.2. The summed E-state index contributed by atoms with van der Waals surface area (Å²) >= 11 is 0. The molecule has 8 fully saturated rings. The normalized spacial score (nSPS) is 45.4. The Labute approximate surface area is 266 Å². The van der Waals surface area contributed by atoms with Gasteiger partial charge in [0.25, 0.3) is 0 Å². The van der Waals surface area contributed by atoms with Gasteiger partial charge in [-0.2, -0.15) is 30.4 Å². The van der Waals surface area contributed by atoms with E-state index in [1.807, 2.05) is 0 Å². The third-order valence-corrected chi connectivity index (χ3v) is 12.4. The minimum Gasteiger partial charge on any atom is -0.458 e. The van der Waals surface area contributed by atoms with Crippen LogP contribution in [0.1, 0.15) is 59.8 Å². The van der Waals surface area contributed by atoms with Crippen molar-refractivity contribution in [1.29, 1.82) is 0 Å². The summed E-state index contributed by atoms with van der Waals surface area (Å²) in [7, 11) is -5.91. The molecule has 1 N–H and O–H groups in total. The van der Waals surface area contributed by atoms with Crippen LogP contribution in [-0.2, 0) is 48.2 Å². The zero-order valence-corrected chi connectivity index (χ0v) is 26.7. The number of nitrogens with zero attached hydrogens (tertiary/aromatic N) is 1. The van der Waals surface area contributed by atoms with Crippen LogP contribution in [0.15, 0.2) is 0 Å². The Kier molecular flexibility index (Phi) is 6.92. The highest BCUT2D eigenvalue weighted by molar-refractivity contribution is 7.86. The molecule has 1 spiro atoms. The summed E-state index contributed by atoms with van der Waals surface area (Å²) in [5.41, 5.74) is -4.45. The van der Waals surface area contributed by atoms with Gasteiger partial charge in [0.05, 0.1) is 30.1 Å². The van der Waals surface area contributed by atoms with Gasteiger partial charge < -0.3 is 28.6 Å². The number of hydrogen-bond acceptors (Lipinski definition) is 10. The van der Waals surface area contributed by atoms with E-state index in [9.17, 15) is 44.8 Å². The summed E-state index contributed by atoms with van der Waals surface area (Å²) in [5, 5.41) is -4.81. The van der Waals surface area contributed by atoms with Crippen molar-refractivity contribution in [2.75, 3.05) is 13.2 Å². The lowest BCUT2D eigenvalue weighted by Crippen LogP contribution is -2.65. The van der Waals surface area contributed by atoms with Crippen LogP contribution < -0.4 is 0 Å². The number of amides is 1. The summed E-state index contributed by atoms with van der Waals surface area (Å²) < 4.78 is 129. The van der Waals surface area contributed by atoms with Gasteiger partial charge in [-0.15, -0.1) is 0 Å². The molecule has 4 saturated heterocycles. The third-order valence-electron chi connectivity index (χ3n) is 11.5. The SMILES string of the molecule is CC(C)(C)N1C(=O)C2C3OC(C(OC(=O)C45CC6CC(C4)C4(OCC(C)(C(F)(F)F)O4)C(C6)C5)C31)C2C(=O)OCC(F)(F)S(=O)(=O)O. The van der Waals surface area contributed by atoms with E-state index in [0.717, 1.165) is 6.92 Å². The first kappa shape index (κ1) is 33.4. The predicted molar refractivity (Wildman–Crippen MR) is 144 cm³/mol. The Bertz CT molecular complexity index is 1500. The first-order valence-corrected chi connectivity index (χ1v) is 17.0. The van der Waals surface area contributed by atoms with Crippen molar-refractivity contribution < 1.29 is 73.0 Å². The lowest BCUT2D eigenvalue weighted by atomic mass is 9.47. The van der Waals surface area contributed by atoms with Gasteiger partial charge in [0.1, 0.15) is 12.0 Å². The second kappa shape index (κ2) is 9.75. The number of fused-ring (bicyclic) bond motifs is 1. The number of ether oxygens (including phenoxy) is 5. The van der Waals surface area contributed by atoms with E-state index in [4.69, 9.17) is 23.5 Å². The molecule has 0 radical (unpaired) electrons. The third kappa shape index (κ3) is 4.55. The van der Waals surface area contributed by atoms with Gasteiger partial charge in [-0.25, -0.2) is 0 Å². The van der Waals surface area contributed by atoms with Crippen LogP contribution in [0.25, 0.3) is 0 Å². The number of hydrogen-bond donors (Lipinski definition) is 1. The van der Waals surface area contributed by atoms with Gasteiger partial charge in [0, 0.05) is 17.4 Å². The van der Waals surface area contributed by atoms with Crippen LogP contribution in [0.4, 0.5) is 22.0 Å². The first-order valence-electron chi connectivity index (χ1n) is 15.6. The first-order chi connectivity index (χ1) is 21.4. The smallest absolute Gasteiger partial charge is 0.419 e. The highest BCUT2D eigenvalue weighted by Gasteiger charge is 2.76. The molecule has 0 aromatic carbocycles. The fourth-order valence-corrected chi connectivity index (χ4v) is 9.97. The average Bonchev–Trinajstić information content (AvgIpc) is 3.64. The minimum atomic E-state index is -5.91. The molecule has 8 rings (SSSR count). The highest BCUT2D eigenvalue weighted by atomic mass is 32.2. The van der Waals surface area contributed by atoms with E-state index in [0.29, 0.717) is 19.3 Å². The van der Waals surface area contributed by atoms with Gasteiger partial charge in [0.2, 0.25) is 5.91 Å². The topological polar surface area (TPSA) is 155 Å². The summed E-state index contributed by atoms with van der Waals surface area (Å²) in [6, 6.07) is -0.834. The zero-order chi connectivity index (χ0) is 34.5. The number of esters is 2. The predicted octanol–water partition coefficient (Wildman–Crippen LogP) is 2.84. The fraction of sp³-hybridized carbons (Fsp3) is 0.897. The monoisotopic (exact) mass is 701 g/mol. The standard InChI is InChI=1S/C29H36F5NO11S/c1-24(2,3)35-17-18-15(21(35)36)16(22(37)42-11-27(30,31)47(39,40)41)19(44-18)20(17)45-23(38)26-7-12-5-13(8-26)28(14(6-12)9-26)43-10-25(4,46-28)29(32,33)34/h12-20H,5-11H2,1-4H3,(H,39,40,41). The van der Waals surface area contributed by atoms with Crippen molar-refractivity contribution in [1.82, 2.24) is 4.90 Å². The van der Waals surface area contributed by atoms with Crippen LogP contribution in [0.3, 0.4) is 0 Å². The molecule has 0 aromatic rings. The Balaban J connectivity index is 1.15. The van der Waals surface area contributed by atoms with Crippen molar-refractivity contribution in [3.63, 3.8) is 0 Å². The molecule has 4 aliphatic heterocycles. The largest absolute Gasteiger partial charge is 0.458 e. The molecule has 4 saturated carbocycles. The molecule has 9 atom stereocenters. The molecule has 6 bridgehead atoms. The molecule has 47 heavy (non-hydrogen) atoms. The summed E-state index contributed by atoms with van der Waals surface area (Å²) in [6.45, 7) is 3.43. The van der Waals surface area contributed by atoms with Crippen molar-refractivity contribution >= 4 is 28.0 Å². The van der Waals surface area contributed by atoms with Crippen LogP contribution in [0, 0.1) is 35.0 Å². The summed E-state index contributed by atoms with van der Waals surface area (Å²) in [6.07, 6.45) is -6.45. The molecule has 264 valence electrons. The van der Waals surface area contributed by atoms with E-state index in [1.54, 1.807) is 20.8 Å². The van der Waals surface area contributed by atoms with Crippen molar-refractivity contribution in [2.24, 2.45) is 35.0 Å². The fourth-order valence-electron chi connectivity index (χ4n) is 9.76. The van der Waals surface area contributed by atoms with Gasteiger partial charge in [0.15, 0.2) is 24.1 Å². The lowest BCUT2D eigenvalue weighted by molar-refractivity contribution is -0.344. The minimum absolute atomic E-state index is 0.00241. The quantitative estimate of drug-likeness (QED) is 0.247. The molecule has 18 heteroatoms. The van der Waals surface area contributed by atoms with Gasteiger partial charge in [-0.1, -0.05) is 0 Å². The Morgan fingerprint density at radius 3 is 2.19 bits per heavy atom. The van der Waals surface area contributed by atoms with Crippen molar-refractivity contribution in [3.05, 3.63) is 0 Å². The molecule has 4 heterocycles. The molecule has 12 nitrogen and oxygen atoms in total. The van der Waals surface area contributed by atoms with E-state index < -0.39 is 123 Å². The number of carbonyl (C=O) groups excluding carboxylic acids is 3. The number of alkyl halides is 5. The number of likely N-dealkylation sites (tertiary alicyclic amines) is 1. The zero-order valence-electron chi connectivity index (χ0n) is 25.9. The van der Waals surface area contributed by atoms with Crippen LogP contribution in [-0.4, -0.2) is 102 Å². The number of rotatable bonds is 6. The van der Waals surface area contributed by atoms with Crippen molar-refractivity contribution in [2.45, 2.75) is 113 Å². The molecule has 0 aromatic heterocycles. The van der Waals surface area contributed by atoms with Gasteiger partial charge >= 0.3 is 33.5 Å². The molecular weight excluding hydrogens is 665 g/mol. The number of halogens is 5. The molecule has 9 unspecified atom stereocenters. The lowest BCUT2D eigenvalue weighted by Gasteiger charge is -2.62. The summed E-state index contributed by atoms with van der Waals surface area (Å²) in [4.78, 5) is 42.5. The number of carbonyl (C=O) groups is 3. The molecular formula is C29H36F5NO11S. The Morgan fingerprint density at radius 2 is 1.66 bits per heavy atom. The van der Waals surface area contributed by atoms with Gasteiger partial charge in [-0.05, 0) is 65.7 Å². The van der Waals surface area contributed by atoms with E-state index in [-0.39, 0.29) is 18.8 Å². The maximum Gasteiger partial charge on any atom is 0.419 e.